The second-order valence-corrected chi connectivity index (χ2v) is 3.82. The Morgan fingerprint density at radius 1 is 1.17 bits per heavy atom. The Morgan fingerprint density at radius 2 is 1.89 bits per heavy atom. The quantitative estimate of drug-likeness (QED) is 0.894. The minimum absolute atomic E-state index is 0.0571. The molecule has 0 unspecified atom stereocenters. The number of benzene rings is 1. The van der Waals surface area contributed by atoms with Gasteiger partial charge in [-0.25, -0.2) is 0 Å². The van der Waals surface area contributed by atoms with Crippen LogP contribution in [-0.4, -0.2) is 16.3 Å². The molecule has 2 rings (SSSR count). The monoisotopic (exact) mass is 257 g/mol. The first-order valence-corrected chi connectivity index (χ1v) is 5.25. The highest BCUT2D eigenvalue weighted by Gasteiger charge is 2.30. The summed E-state index contributed by atoms with van der Waals surface area (Å²) in [5.41, 5.74) is -0.731. The largest absolute Gasteiger partial charge is 0.416 e. The van der Waals surface area contributed by atoms with Crippen LogP contribution in [0.25, 0.3) is 10.9 Å². The van der Waals surface area contributed by atoms with Gasteiger partial charge >= 0.3 is 6.18 Å². The van der Waals surface area contributed by atoms with Crippen LogP contribution in [-0.2, 0) is 12.7 Å². The van der Waals surface area contributed by atoms with E-state index in [1.54, 1.807) is 0 Å². The molecule has 1 N–H and O–H groups in total. The second kappa shape index (κ2) is 4.45. The Bertz CT molecular complexity index is 631. The van der Waals surface area contributed by atoms with Gasteiger partial charge in [0.2, 0.25) is 0 Å². The van der Waals surface area contributed by atoms with E-state index >= 15 is 0 Å². The molecule has 0 amide bonds. The SMILES string of the molecule is O=c1ccc2cc(C(F)(F)F)ccc2n1CCO. The van der Waals surface area contributed by atoms with Crippen LogP contribution >= 0.6 is 0 Å². The van der Waals surface area contributed by atoms with Crippen molar-refractivity contribution in [1.82, 2.24) is 4.57 Å². The van der Waals surface area contributed by atoms with Crippen LogP contribution in [0.3, 0.4) is 0 Å². The van der Waals surface area contributed by atoms with Crippen LogP contribution in [0.1, 0.15) is 5.56 Å². The van der Waals surface area contributed by atoms with Gasteiger partial charge in [-0.3, -0.25) is 4.79 Å². The Balaban J connectivity index is 2.67. The smallest absolute Gasteiger partial charge is 0.395 e. The summed E-state index contributed by atoms with van der Waals surface area (Å²) in [5, 5.41) is 9.17. The van der Waals surface area contributed by atoms with Crippen molar-refractivity contribution in [2.24, 2.45) is 0 Å². The second-order valence-electron chi connectivity index (χ2n) is 3.82. The first-order chi connectivity index (χ1) is 8.43. The minimum Gasteiger partial charge on any atom is -0.395 e. The lowest BCUT2D eigenvalue weighted by Gasteiger charge is -2.11. The van der Waals surface area contributed by atoms with Crippen molar-refractivity contribution < 1.29 is 18.3 Å². The molecule has 3 nitrogen and oxygen atoms in total. The molecule has 2 aromatic rings. The summed E-state index contributed by atoms with van der Waals surface area (Å²) >= 11 is 0. The Kier molecular flexibility index (Phi) is 3.13. The molecule has 0 bridgehead atoms. The van der Waals surface area contributed by atoms with Gasteiger partial charge in [0.05, 0.1) is 17.7 Å². The molecule has 0 saturated carbocycles. The summed E-state index contributed by atoms with van der Waals surface area (Å²) in [6.45, 7) is -0.193. The summed E-state index contributed by atoms with van der Waals surface area (Å²) in [6, 6.07) is 5.70. The summed E-state index contributed by atoms with van der Waals surface area (Å²) in [5.74, 6) is 0. The molecule has 0 aliphatic carbocycles. The van der Waals surface area contributed by atoms with E-state index in [0.29, 0.717) is 10.9 Å². The Morgan fingerprint density at radius 3 is 2.50 bits per heavy atom. The lowest BCUT2D eigenvalue weighted by molar-refractivity contribution is -0.137. The predicted octanol–water partition coefficient (Wildman–Crippen LogP) is 2.01. The molecule has 6 heteroatoms. The van der Waals surface area contributed by atoms with Gasteiger partial charge in [-0.15, -0.1) is 0 Å². The van der Waals surface area contributed by atoms with Gasteiger partial charge in [0.15, 0.2) is 0 Å². The van der Waals surface area contributed by atoms with Gasteiger partial charge < -0.3 is 9.67 Å². The molecule has 0 saturated heterocycles. The summed E-state index contributed by atoms with van der Waals surface area (Å²) in [6.07, 6.45) is -4.41. The molecule has 96 valence electrons. The third-order valence-corrected chi connectivity index (χ3v) is 2.64. The molecular weight excluding hydrogens is 247 g/mol. The number of aliphatic hydroxyl groups excluding tert-OH is 1. The van der Waals surface area contributed by atoms with Crippen LogP contribution in [0.4, 0.5) is 13.2 Å². The summed E-state index contributed by atoms with van der Waals surface area (Å²) in [4.78, 5) is 11.5. The number of fused-ring (bicyclic) bond motifs is 1. The average molecular weight is 257 g/mol. The van der Waals surface area contributed by atoms with Crippen molar-refractivity contribution in [3.63, 3.8) is 0 Å². The molecule has 0 spiro atoms. The molecule has 0 fully saturated rings. The van der Waals surface area contributed by atoms with E-state index in [1.165, 1.54) is 22.8 Å². The topological polar surface area (TPSA) is 42.2 Å². The number of alkyl halides is 3. The maximum Gasteiger partial charge on any atom is 0.416 e. The van der Waals surface area contributed by atoms with Crippen LogP contribution < -0.4 is 5.56 Å². The number of aromatic nitrogens is 1. The average Bonchev–Trinajstić information content (AvgIpc) is 2.31. The van der Waals surface area contributed by atoms with Crippen molar-refractivity contribution >= 4 is 10.9 Å². The zero-order chi connectivity index (χ0) is 13.3. The zero-order valence-corrected chi connectivity index (χ0v) is 9.24. The van der Waals surface area contributed by atoms with Gasteiger partial charge in [-0.1, -0.05) is 0 Å². The first kappa shape index (κ1) is 12.6. The number of hydrogen-bond acceptors (Lipinski definition) is 2. The number of aliphatic hydroxyl groups is 1. The van der Waals surface area contributed by atoms with Crippen molar-refractivity contribution in [3.05, 3.63) is 46.2 Å². The molecule has 1 aromatic heterocycles. The standard InChI is InChI=1S/C12H10F3NO2/c13-12(14,15)9-2-3-10-8(7-9)1-4-11(18)16(10)5-6-17/h1-4,7,17H,5-6H2. The van der Waals surface area contributed by atoms with Crippen molar-refractivity contribution in [2.45, 2.75) is 12.7 Å². The first-order valence-electron chi connectivity index (χ1n) is 5.25. The van der Waals surface area contributed by atoms with E-state index in [2.05, 4.69) is 0 Å². The predicted molar refractivity (Wildman–Crippen MR) is 60.3 cm³/mol. The Hall–Kier alpha value is -1.82. The highest BCUT2D eigenvalue weighted by atomic mass is 19.4. The van der Waals surface area contributed by atoms with E-state index in [1.807, 2.05) is 0 Å². The van der Waals surface area contributed by atoms with Gasteiger partial charge in [0.25, 0.3) is 5.56 Å². The van der Waals surface area contributed by atoms with E-state index < -0.39 is 11.7 Å². The normalized spacial score (nSPS) is 12.0. The van der Waals surface area contributed by atoms with Gasteiger partial charge in [-0.2, -0.15) is 13.2 Å². The third-order valence-electron chi connectivity index (χ3n) is 2.64. The Labute approximate surface area is 100 Å². The molecule has 18 heavy (non-hydrogen) atoms. The highest BCUT2D eigenvalue weighted by Crippen LogP contribution is 2.31. The van der Waals surface area contributed by atoms with Crippen LogP contribution in [0.2, 0.25) is 0 Å². The molecule has 0 aliphatic heterocycles. The van der Waals surface area contributed by atoms with Gasteiger partial charge in [0, 0.05) is 12.6 Å². The third kappa shape index (κ3) is 2.24. The zero-order valence-electron chi connectivity index (χ0n) is 9.24. The molecule has 0 radical (unpaired) electrons. The van der Waals surface area contributed by atoms with Crippen LogP contribution in [0, 0.1) is 0 Å². The molecule has 1 aromatic carbocycles. The number of rotatable bonds is 2. The van der Waals surface area contributed by atoms with Gasteiger partial charge in [0.1, 0.15) is 0 Å². The van der Waals surface area contributed by atoms with Crippen molar-refractivity contribution in [2.75, 3.05) is 6.61 Å². The van der Waals surface area contributed by atoms with E-state index in [0.717, 1.165) is 12.1 Å². The number of hydrogen-bond donors (Lipinski definition) is 1. The van der Waals surface area contributed by atoms with E-state index in [-0.39, 0.29) is 18.7 Å². The molecule has 1 heterocycles. The van der Waals surface area contributed by atoms with Crippen molar-refractivity contribution in [3.8, 4) is 0 Å². The fourth-order valence-corrected chi connectivity index (χ4v) is 1.81. The summed E-state index contributed by atoms with van der Waals surface area (Å²) in [7, 11) is 0. The van der Waals surface area contributed by atoms with E-state index in [9.17, 15) is 18.0 Å². The highest BCUT2D eigenvalue weighted by molar-refractivity contribution is 5.79. The number of halogens is 3. The lowest BCUT2D eigenvalue weighted by atomic mass is 10.1. The van der Waals surface area contributed by atoms with E-state index in [4.69, 9.17) is 5.11 Å². The molecule has 0 atom stereocenters. The fraction of sp³-hybridized carbons (Fsp3) is 0.250. The van der Waals surface area contributed by atoms with Crippen molar-refractivity contribution in [1.29, 1.82) is 0 Å². The van der Waals surface area contributed by atoms with Crippen LogP contribution in [0.5, 0.6) is 0 Å². The number of nitrogens with zero attached hydrogens (tertiary/aromatic N) is 1. The minimum atomic E-state index is -4.41. The molecular formula is C12H10F3NO2. The fourth-order valence-electron chi connectivity index (χ4n) is 1.81. The maximum atomic E-state index is 12.5. The molecule has 0 aliphatic rings. The maximum absolute atomic E-state index is 12.5. The van der Waals surface area contributed by atoms with Gasteiger partial charge in [-0.05, 0) is 29.7 Å². The summed E-state index contributed by atoms with van der Waals surface area (Å²) < 4.78 is 38.9. The lowest BCUT2D eigenvalue weighted by Crippen LogP contribution is -2.21. The number of pyridine rings is 1. The van der Waals surface area contributed by atoms with Crippen LogP contribution in [0.15, 0.2) is 35.1 Å².